The molecule has 0 amide bonds. The van der Waals surface area contributed by atoms with Gasteiger partial charge < -0.3 is 4.74 Å². The second kappa shape index (κ2) is 3.75. The van der Waals surface area contributed by atoms with Crippen molar-refractivity contribution >= 4 is 12.0 Å². The van der Waals surface area contributed by atoms with Crippen LogP contribution >= 0.6 is 0 Å². The third kappa shape index (κ3) is 1.50. The van der Waals surface area contributed by atoms with Crippen molar-refractivity contribution in [3.05, 3.63) is 41.6 Å². The van der Waals surface area contributed by atoms with Crippen molar-refractivity contribution in [1.82, 2.24) is 0 Å². The molecule has 0 saturated heterocycles. The predicted octanol–water partition coefficient (Wildman–Crippen LogP) is 1.96. The maximum Gasteiger partial charge on any atom is 0.146 e. The Morgan fingerprint density at radius 3 is 2.93 bits per heavy atom. The number of nitriles is 1. The summed E-state index contributed by atoms with van der Waals surface area (Å²) in [5.74, 6) is 0.657. The van der Waals surface area contributed by atoms with E-state index in [-0.39, 0.29) is 0 Å². The first-order valence-electron chi connectivity index (χ1n) is 4.26. The summed E-state index contributed by atoms with van der Waals surface area (Å²) in [4.78, 5) is 3.99. The average Bonchev–Trinajstić information content (AvgIpc) is 2.30. The van der Waals surface area contributed by atoms with Crippen LogP contribution < -0.4 is 0 Å². The highest BCUT2D eigenvalue weighted by atomic mass is 16.5. The molecular weight excluding hydrogens is 176 g/mol. The molecule has 0 aromatic heterocycles. The van der Waals surface area contributed by atoms with Gasteiger partial charge in [0.2, 0.25) is 0 Å². The number of hydrogen-bond donors (Lipinski definition) is 0. The Kier molecular flexibility index (Phi) is 2.28. The van der Waals surface area contributed by atoms with E-state index in [1.54, 1.807) is 18.5 Å². The van der Waals surface area contributed by atoms with Crippen LogP contribution in [0.3, 0.4) is 0 Å². The molecule has 14 heavy (non-hydrogen) atoms. The van der Waals surface area contributed by atoms with Crippen LogP contribution in [0.25, 0.3) is 5.76 Å². The summed E-state index contributed by atoms with van der Waals surface area (Å²) in [5.41, 5.74) is 1.41. The molecule has 1 aromatic carbocycles. The Hall–Kier alpha value is -2.08. The monoisotopic (exact) mass is 184 g/mol. The number of nitrogens with zero attached hydrogens (tertiary/aromatic N) is 2. The number of ether oxygens (including phenoxy) is 1. The Labute approximate surface area is 82.0 Å². The summed E-state index contributed by atoms with van der Waals surface area (Å²) >= 11 is 0. The molecule has 0 unspecified atom stereocenters. The summed E-state index contributed by atoms with van der Waals surface area (Å²) in [7, 11) is 0. The standard InChI is InChI=1S/C11H8N2O/c12-7-9-3-1-2-4-10(9)11-8-13-5-6-14-11/h1-5,8H,6H2. The van der Waals surface area contributed by atoms with Crippen LogP contribution in [0, 0.1) is 11.3 Å². The van der Waals surface area contributed by atoms with Gasteiger partial charge in [0.25, 0.3) is 0 Å². The highest BCUT2D eigenvalue weighted by Gasteiger charge is 2.09. The van der Waals surface area contributed by atoms with E-state index in [9.17, 15) is 0 Å². The predicted molar refractivity (Wildman–Crippen MR) is 53.6 cm³/mol. The van der Waals surface area contributed by atoms with Gasteiger partial charge in [-0.15, -0.1) is 0 Å². The summed E-state index contributed by atoms with van der Waals surface area (Å²) in [5, 5.41) is 8.88. The molecule has 0 N–H and O–H groups in total. The van der Waals surface area contributed by atoms with E-state index in [4.69, 9.17) is 10.00 Å². The molecule has 1 heterocycles. The van der Waals surface area contributed by atoms with Gasteiger partial charge in [0.1, 0.15) is 12.4 Å². The lowest BCUT2D eigenvalue weighted by Crippen LogP contribution is -2.01. The molecule has 0 aliphatic carbocycles. The van der Waals surface area contributed by atoms with E-state index >= 15 is 0 Å². The van der Waals surface area contributed by atoms with Crippen LogP contribution in [-0.4, -0.2) is 12.8 Å². The van der Waals surface area contributed by atoms with Crippen LogP contribution in [0.15, 0.2) is 35.5 Å². The van der Waals surface area contributed by atoms with Crippen LogP contribution in [0.5, 0.6) is 0 Å². The molecule has 2 rings (SSSR count). The van der Waals surface area contributed by atoms with Crippen molar-refractivity contribution in [2.45, 2.75) is 0 Å². The van der Waals surface area contributed by atoms with Crippen molar-refractivity contribution in [1.29, 1.82) is 5.26 Å². The van der Waals surface area contributed by atoms with E-state index in [2.05, 4.69) is 11.1 Å². The fourth-order valence-electron chi connectivity index (χ4n) is 1.27. The molecule has 3 heteroatoms. The molecular formula is C11H8N2O. The number of hydrogen-bond acceptors (Lipinski definition) is 3. The zero-order chi connectivity index (χ0) is 9.80. The van der Waals surface area contributed by atoms with E-state index in [0.717, 1.165) is 5.56 Å². The van der Waals surface area contributed by atoms with Crippen molar-refractivity contribution in [3.63, 3.8) is 0 Å². The minimum Gasteiger partial charge on any atom is -0.486 e. The van der Waals surface area contributed by atoms with Crippen molar-refractivity contribution in [2.75, 3.05) is 6.61 Å². The SMILES string of the molecule is N#Cc1ccccc1C1=CN=CCO1. The van der Waals surface area contributed by atoms with Gasteiger partial charge in [-0.2, -0.15) is 5.26 Å². The molecule has 0 radical (unpaired) electrons. The molecule has 0 fully saturated rings. The molecule has 3 nitrogen and oxygen atoms in total. The Bertz CT molecular complexity index is 441. The second-order valence-electron chi connectivity index (χ2n) is 2.79. The first-order valence-corrected chi connectivity index (χ1v) is 4.26. The summed E-state index contributed by atoms with van der Waals surface area (Å²) in [6.45, 7) is 0.464. The first-order chi connectivity index (χ1) is 6.92. The summed E-state index contributed by atoms with van der Waals surface area (Å²) < 4.78 is 5.37. The molecule has 68 valence electrons. The second-order valence-corrected chi connectivity index (χ2v) is 2.79. The first kappa shape index (κ1) is 8.52. The quantitative estimate of drug-likeness (QED) is 0.669. The van der Waals surface area contributed by atoms with E-state index < -0.39 is 0 Å². The van der Waals surface area contributed by atoms with Gasteiger partial charge in [0.15, 0.2) is 0 Å². The van der Waals surface area contributed by atoms with Gasteiger partial charge in [-0.1, -0.05) is 12.1 Å². The van der Waals surface area contributed by atoms with Crippen LogP contribution in [0.4, 0.5) is 0 Å². The van der Waals surface area contributed by atoms with Gasteiger partial charge in [-0.3, -0.25) is 4.99 Å². The number of benzene rings is 1. The van der Waals surface area contributed by atoms with Crippen molar-refractivity contribution in [3.8, 4) is 6.07 Å². The Morgan fingerprint density at radius 2 is 2.21 bits per heavy atom. The van der Waals surface area contributed by atoms with E-state index in [1.165, 1.54) is 0 Å². The third-order valence-electron chi connectivity index (χ3n) is 1.92. The average molecular weight is 184 g/mol. The van der Waals surface area contributed by atoms with Crippen LogP contribution in [0.2, 0.25) is 0 Å². The summed E-state index contributed by atoms with van der Waals surface area (Å²) in [6.07, 6.45) is 3.30. The normalized spacial score (nSPS) is 14.1. The lowest BCUT2D eigenvalue weighted by Gasteiger charge is -2.11. The van der Waals surface area contributed by atoms with Crippen LogP contribution in [-0.2, 0) is 4.74 Å². The highest BCUT2D eigenvalue weighted by Crippen LogP contribution is 2.20. The molecule has 1 aliphatic heterocycles. The smallest absolute Gasteiger partial charge is 0.146 e. The van der Waals surface area contributed by atoms with E-state index in [0.29, 0.717) is 17.9 Å². The maximum absolute atomic E-state index is 8.88. The summed E-state index contributed by atoms with van der Waals surface area (Å²) in [6, 6.07) is 9.44. The molecule has 0 spiro atoms. The Morgan fingerprint density at radius 1 is 1.36 bits per heavy atom. The molecule has 0 atom stereocenters. The fraction of sp³-hybridized carbons (Fsp3) is 0.0909. The maximum atomic E-state index is 8.88. The van der Waals surface area contributed by atoms with Gasteiger partial charge in [-0.05, 0) is 12.1 Å². The lowest BCUT2D eigenvalue weighted by atomic mass is 10.1. The Balaban J connectivity index is 2.46. The minimum absolute atomic E-state index is 0.464. The molecule has 0 saturated carbocycles. The van der Waals surface area contributed by atoms with Gasteiger partial charge in [0, 0.05) is 11.8 Å². The zero-order valence-corrected chi connectivity index (χ0v) is 7.47. The topological polar surface area (TPSA) is 45.4 Å². The van der Waals surface area contributed by atoms with Gasteiger partial charge >= 0.3 is 0 Å². The highest BCUT2D eigenvalue weighted by molar-refractivity contribution is 5.72. The van der Waals surface area contributed by atoms with Gasteiger partial charge in [-0.25, -0.2) is 0 Å². The van der Waals surface area contributed by atoms with Crippen molar-refractivity contribution in [2.24, 2.45) is 4.99 Å². The largest absolute Gasteiger partial charge is 0.486 e. The minimum atomic E-state index is 0.464. The van der Waals surface area contributed by atoms with Gasteiger partial charge in [0.05, 0.1) is 17.8 Å². The fourth-order valence-corrected chi connectivity index (χ4v) is 1.27. The van der Waals surface area contributed by atoms with Crippen molar-refractivity contribution < 1.29 is 4.74 Å². The van der Waals surface area contributed by atoms with Crippen LogP contribution in [0.1, 0.15) is 11.1 Å². The molecule has 1 aliphatic rings. The zero-order valence-electron chi connectivity index (χ0n) is 7.47. The van der Waals surface area contributed by atoms with E-state index in [1.807, 2.05) is 18.2 Å². The number of aliphatic imine (C=N–C) groups is 1. The molecule has 0 bridgehead atoms. The third-order valence-corrected chi connectivity index (χ3v) is 1.92. The molecule has 1 aromatic rings. The number of rotatable bonds is 1. The lowest BCUT2D eigenvalue weighted by molar-refractivity contribution is 0.332.